The van der Waals surface area contributed by atoms with Gasteiger partial charge >= 0.3 is 17.9 Å². The van der Waals surface area contributed by atoms with E-state index in [1.165, 1.54) is 238 Å². The van der Waals surface area contributed by atoms with Gasteiger partial charge in [0.15, 0.2) is 6.10 Å². The maximum Gasteiger partial charge on any atom is 0.306 e. The average Bonchev–Trinajstić information content (AvgIpc) is 3.47. The first-order valence-electron chi connectivity index (χ1n) is 35.9. The van der Waals surface area contributed by atoms with Crippen LogP contribution in [-0.4, -0.2) is 37.2 Å². The van der Waals surface area contributed by atoms with Gasteiger partial charge in [0.2, 0.25) is 0 Å². The lowest BCUT2D eigenvalue weighted by Crippen LogP contribution is -2.30. The Labute approximate surface area is 510 Å². The van der Waals surface area contributed by atoms with Gasteiger partial charge in [-0.1, -0.05) is 338 Å². The molecule has 0 aromatic rings. The summed E-state index contributed by atoms with van der Waals surface area (Å²) in [4.78, 5) is 38.5. The summed E-state index contributed by atoms with van der Waals surface area (Å²) in [6.07, 6.45) is 92.1. The molecule has 0 amide bonds. The van der Waals surface area contributed by atoms with Crippen molar-refractivity contribution in [3.63, 3.8) is 0 Å². The first-order chi connectivity index (χ1) is 40.5. The van der Waals surface area contributed by atoms with E-state index in [1.54, 1.807) is 0 Å². The van der Waals surface area contributed by atoms with Crippen LogP contribution in [0.3, 0.4) is 0 Å². The van der Waals surface area contributed by atoms with Crippen LogP contribution in [0.5, 0.6) is 0 Å². The van der Waals surface area contributed by atoms with E-state index in [-0.39, 0.29) is 31.1 Å². The number of ether oxygens (including phenoxy) is 3. The molecule has 0 saturated carbocycles. The molecule has 0 aliphatic heterocycles. The average molecular weight is 1150 g/mol. The summed E-state index contributed by atoms with van der Waals surface area (Å²) in [6.45, 7) is 6.57. The summed E-state index contributed by atoms with van der Waals surface area (Å²) in [7, 11) is 0. The zero-order valence-corrected chi connectivity index (χ0v) is 54.8. The van der Waals surface area contributed by atoms with E-state index in [2.05, 4.69) is 93.7 Å². The Morgan fingerprint density at radius 2 is 0.476 bits per heavy atom. The lowest BCUT2D eigenvalue weighted by atomic mass is 10.0. The Kier molecular flexibility index (Phi) is 67.6. The van der Waals surface area contributed by atoms with Crippen LogP contribution < -0.4 is 0 Å². The Morgan fingerprint density at radius 1 is 0.256 bits per heavy atom. The van der Waals surface area contributed by atoms with Gasteiger partial charge in [-0.25, -0.2) is 0 Å². The van der Waals surface area contributed by atoms with Crippen LogP contribution in [0.1, 0.15) is 374 Å². The third-order valence-corrected chi connectivity index (χ3v) is 15.9. The highest BCUT2D eigenvalue weighted by Crippen LogP contribution is 2.18. The molecule has 0 bridgehead atoms. The molecule has 6 nitrogen and oxygen atoms in total. The van der Waals surface area contributed by atoms with Gasteiger partial charge in [0.05, 0.1) is 0 Å². The zero-order chi connectivity index (χ0) is 59.2. The molecular weight excluding hydrogens is 1010 g/mol. The van der Waals surface area contributed by atoms with Crippen LogP contribution >= 0.6 is 0 Å². The minimum atomic E-state index is -0.785. The van der Waals surface area contributed by atoms with E-state index >= 15 is 0 Å². The van der Waals surface area contributed by atoms with E-state index in [1.807, 2.05) is 0 Å². The molecule has 476 valence electrons. The molecule has 0 fully saturated rings. The number of allylic oxidation sites excluding steroid dienone is 12. The molecular formula is C76H136O6. The lowest BCUT2D eigenvalue weighted by Gasteiger charge is -2.18. The molecule has 0 saturated heterocycles. The van der Waals surface area contributed by atoms with E-state index in [0.717, 1.165) is 96.3 Å². The highest BCUT2D eigenvalue weighted by atomic mass is 16.6. The summed E-state index contributed by atoms with van der Waals surface area (Å²) in [5, 5.41) is 0. The molecule has 0 N–H and O–H groups in total. The molecule has 1 atom stereocenters. The monoisotopic (exact) mass is 1150 g/mol. The minimum absolute atomic E-state index is 0.0783. The molecule has 0 aliphatic rings. The molecule has 0 aromatic carbocycles. The SMILES string of the molecule is CC/C=C\C/C=C\C/C=C\C/C=C\CCCCCCCCC(=O)OCC(COC(=O)CCCCCCCCCCCCCCCCCCCCCCCCCC)OC(=O)CCCCCCCCCCC/C=C\C/C=C\CCCCCCC. The van der Waals surface area contributed by atoms with E-state index in [4.69, 9.17) is 14.2 Å². The second kappa shape index (κ2) is 70.3. The maximum absolute atomic E-state index is 13.0. The van der Waals surface area contributed by atoms with Gasteiger partial charge in [-0.15, -0.1) is 0 Å². The number of hydrogen-bond donors (Lipinski definition) is 0. The molecule has 6 heteroatoms. The fraction of sp³-hybridized carbons (Fsp3) is 0.803. The summed E-state index contributed by atoms with van der Waals surface area (Å²) in [5.74, 6) is -0.874. The summed E-state index contributed by atoms with van der Waals surface area (Å²) in [6, 6.07) is 0. The van der Waals surface area contributed by atoms with E-state index < -0.39 is 6.10 Å². The first kappa shape index (κ1) is 78.8. The Morgan fingerprint density at radius 3 is 0.744 bits per heavy atom. The molecule has 1 unspecified atom stereocenters. The smallest absolute Gasteiger partial charge is 0.306 e. The van der Waals surface area contributed by atoms with Crippen molar-refractivity contribution in [3.05, 3.63) is 72.9 Å². The topological polar surface area (TPSA) is 78.9 Å². The van der Waals surface area contributed by atoms with Crippen molar-refractivity contribution in [2.24, 2.45) is 0 Å². The molecule has 0 aromatic heterocycles. The van der Waals surface area contributed by atoms with Crippen LogP contribution in [0.25, 0.3) is 0 Å². The molecule has 0 rings (SSSR count). The van der Waals surface area contributed by atoms with Crippen LogP contribution in [0.2, 0.25) is 0 Å². The second-order valence-corrected chi connectivity index (χ2v) is 24.1. The van der Waals surface area contributed by atoms with Crippen molar-refractivity contribution < 1.29 is 28.6 Å². The van der Waals surface area contributed by atoms with Gasteiger partial charge in [-0.3, -0.25) is 14.4 Å². The van der Waals surface area contributed by atoms with Crippen LogP contribution in [-0.2, 0) is 28.6 Å². The van der Waals surface area contributed by atoms with E-state index in [0.29, 0.717) is 19.3 Å². The normalized spacial score (nSPS) is 12.5. The molecule has 82 heavy (non-hydrogen) atoms. The number of unbranched alkanes of at least 4 members (excludes halogenated alkanes) is 43. The predicted octanol–water partition coefficient (Wildman–Crippen LogP) is 24.8. The molecule has 0 spiro atoms. The van der Waals surface area contributed by atoms with Gasteiger partial charge in [-0.05, 0) is 89.9 Å². The third kappa shape index (κ3) is 67.6. The molecule has 0 aliphatic carbocycles. The minimum Gasteiger partial charge on any atom is -0.462 e. The lowest BCUT2D eigenvalue weighted by molar-refractivity contribution is -0.167. The largest absolute Gasteiger partial charge is 0.462 e. The van der Waals surface area contributed by atoms with Crippen molar-refractivity contribution in [2.45, 2.75) is 380 Å². The fourth-order valence-electron chi connectivity index (χ4n) is 10.6. The number of carbonyl (C=O) groups excluding carboxylic acids is 3. The van der Waals surface area contributed by atoms with Crippen LogP contribution in [0, 0.1) is 0 Å². The van der Waals surface area contributed by atoms with Crippen molar-refractivity contribution >= 4 is 17.9 Å². The number of esters is 3. The third-order valence-electron chi connectivity index (χ3n) is 15.9. The van der Waals surface area contributed by atoms with Crippen molar-refractivity contribution in [1.29, 1.82) is 0 Å². The van der Waals surface area contributed by atoms with Gasteiger partial charge in [0, 0.05) is 19.3 Å². The predicted molar refractivity (Wildman–Crippen MR) is 358 cm³/mol. The van der Waals surface area contributed by atoms with Crippen molar-refractivity contribution in [2.75, 3.05) is 13.2 Å². The Bertz CT molecular complexity index is 1500. The van der Waals surface area contributed by atoms with Gasteiger partial charge in [0.25, 0.3) is 0 Å². The highest BCUT2D eigenvalue weighted by Gasteiger charge is 2.19. The van der Waals surface area contributed by atoms with Gasteiger partial charge in [0.1, 0.15) is 13.2 Å². The highest BCUT2D eigenvalue weighted by molar-refractivity contribution is 5.71. The second-order valence-electron chi connectivity index (χ2n) is 24.1. The summed E-state index contributed by atoms with van der Waals surface area (Å²) >= 11 is 0. The Hall–Kier alpha value is -3.15. The standard InChI is InChI=1S/C76H136O6/c1-4-7-10-13-16-19-22-25-28-31-34-36-37-38-40-42-45-48-51-54-57-60-63-66-69-75(78)81-72-73(71-80-74(77)68-65-62-59-56-53-50-47-44-41-33-30-27-24-21-18-15-12-9-6-3)82-76(79)70-67-64-61-58-55-52-49-46-43-39-35-32-29-26-23-20-17-14-11-8-5-2/h9,12,18,21,23,26-27,30,32,35,41,44,73H,4-8,10-11,13-17,19-20,22,24-25,28-29,31,33-34,36-40,42-43,45-72H2,1-3H3/b12-9-,21-18-,26-23-,30-27-,35-32-,44-41-. The summed E-state index contributed by atoms with van der Waals surface area (Å²) in [5.41, 5.74) is 0. The maximum atomic E-state index is 13.0. The number of hydrogen-bond acceptors (Lipinski definition) is 6. The number of carbonyl (C=O) groups is 3. The van der Waals surface area contributed by atoms with Gasteiger partial charge in [-0.2, -0.15) is 0 Å². The van der Waals surface area contributed by atoms with Gasteiger partial charge < -0.3 is 14.2 Å². The van der Waals surface area contributed by atoms with Crippen molar-refractivity contribution in [3.8, 4) is 0 Å². The zero-order valence-electron chi connectivity index (χ0n) is 54.8. The molecule has 0 heterocycles. The first-order valence-corrected chi connectivity index (χ1v) is 35.9. The number of rotatable bonds is 66. The van der Waals surface area contributed by atoms with Crippen LogP contribution in [0.15, 0.2) is 72.9 Å². The fourth-order valence-corrected chi connectivity index (χ4v) is 10.6. The summed E-state index contributed by atoms with van der Waals surface area (Å²) < 4.78 is 17.0. The van der Waals surface area contributed by atoms with E-state index in [9.17, 15) is 14.4 Å². The van der Waals surface area contributed by atoms with Crippen molar-refractivity contribution in [1.82, 2.24) is 0 Å². The Balaban J connectivity index is 4.35. The van der Waals surface area contributed by atoms with Crippen LogP contribution in [0.4, 0.5) is 0 Å². The quantitative estimate of drug-likeness (QED) is 0.0261. The molecule has 0 radical (unpaired) electrons.